The van der Waals surface area contributed by atoms with E-state index in [1.54, 1.807) is 12.1 Å². The van der Waals surface area contributed by atoms with Crippen LogP contribution in [0.4, 0.5) is 4.39 Å². The van der Waals surface area contributed by atoms with Gasteiger partial charge in [-0.1, -0.05) is 13.8 Å². The number of fused-ring (bicyclic) bond motifs is 1. The number of rotatable bonds is 6. The molecule has 3 N–H and O–H groups in total. The van der Waals surface area contributed by atoms with Gasteiger partial charge in [-0.15, -0.1) is 0 Å². The molecule has 0 bridgehead atoms. The maximum atomic E-state index is 13.1. The van der Waals surface area contributed by atoms with Crippen molar-refractivity contribution < 1.29 is 14.3 Å². The molecule has 2 aromatic rings. The van der Waals surface area contributed by atoms with E-state index in [4.69, 9.17) is 5.11 Å². The van der Waals surface area contributed by atoms with E-state index in [2.05, 4.69) is 10.3 Å². The molecule has 0 spiro atoms. The molecule has 1 amide bonds. The molecule has 1 aromatic carbocycles. The predicted molar refractivity (Wildman–Crippen MR) is 80.7 cm³/mol. The molecule has 4 nitrogen and oxygen atoms in total. The number of aromatic nitrogens is 1. The minimum absolute atomic E-state index is 0.122. The van der Waals surface area contributed by atoms with E-state index in [9.17, 15) is 9.18 Å². The molecule has 1 aromatic heterocycles. The minimum atomic E-state index is -0.320. The Morgan fingerprint density at radius 2 is 2.14 bits per heavy atom. The standard InChI is InChI=1S/C16H21FN2O2/c1-16(2,10-20)6-3-7-18-15(21)14-9-11-8-12(17)4-5-13(11)19-14/h4-5,8-9,19-20H,3,6-7,10H2,1-2H3,(H,18,21). The first kappa shape index (κ1) is 15.5. The Morgan fingerprint density at radius 3 is 2.86 bits per heavy atom. The average Bonchev–Trinajstić information content (AvgIpc) is 2.86. The van der Waals surface area contributed by atoms with Crippen molar-refractivity contribution in [1.82, 2.24) is 10.3 Å². The zero-order chi connectivity index (χ0) is 15.5. The molecule has 0 atom stereocenters. The van der Waals surface area contributed by atoms with E-state index in [1.807, 2.05) is 13.8 Å². The third-order valence-corrected chi connectivity index (χ3v) is 3.57. The topological polar surface area (TPSA) is 65.1 Å². The van der Waals surface area contributed by atoms with Gasteiger partial charge in [0.15, 0.2) is 0 Å². The van der Waals surface area contributed by atoms with E-state index >= 15 is 0 Å². The highest BCUT2D eigenvalue weighted by Gasteiger charge is 2.16. The van der Waals surface area contributed by atoms with Crippen LogP contribution in [0.2, 0.25) is 0 Å². The van der Waals surface area contributed by atoms with Crippen molar-refractivity contribution in [3.63, 3.8) is 0 Å². The molecule has 5 heteroatoms. The van der Waals surface area contributed by atoms with Crippen LogP contribution in [-0.2, 0) is 0 Å². The fraction of sp³-hybridized carbons (Fsp3) is 0.438. The van der Waals surface area contributed by atoms with E-state index in [0.717, 1.165) is 18.4 Å². The second-order valence-electron chi connectivity index (χ2n) is 6.10. The largest absolute Gasteiger partial charge is 0.396 e. The summed E-state index contributed by atoms with van der Waals surface area (Å²) in [5.74, 6) is -0.520. The van der Waals surface area contributed by atoms with Gasteiger partial charge in [0.1, 0.15) is 11.5 Å². The lowest BCUT2D eigenvalue weighted by Crippen LogP contribution is -2.26. The summed E-state index contributed by atoms with van der Waals surface area (Å²) in [7, 11) is 0. The molecule has 0 aliphatic heterocycles. The van der Waals surface area contributed by atoms with Gasteiger partial charge < -0.3 is 15.4 Å². The Labute approximate surface area is 123 Å². The van der Waals surface area contributed by atoms with E-state index in [0.29, 0.717) is 17.6 Å². The van der Waals surface area contributed by atoms with E-state index < -0.39 is 0 Å². The number of hydrogen-bond acceptors (Lipinski definition) is 2. The molecule has 2 rings (SSSR count). The van der Waals surface area contributed by atoms with Crippen LogP contribution in [0.3, 0.4) is 0 Å². The number of aliphatic hydroxyl groups is 1. The number of hydrogen-bond donors (Lipinski definition) is 3. The van der Waals surface area contributed by atoms with Gasteiger partial charge in [0.2, 0.25) is 0 Å². The zero-order valence-electron chi connectivity index (χ0n) is 12.4. The van der Waals surface area contributed by atoms with Crippen LogP contribution in [0.15, 0.2) is 24.3 Å². The van der Waals surface area contributed by atoms with Gasteiger partial charge in [-0.25, -0.2) is 4.39 Å². The van der Waals surface area contributed by atoms with Gasteiger partial charge >= 0.3 is 0 Å². The molecule has 1 heterocycles. The fourth-order valence-corrected chi connectivity index (χ4v) is 2.17. The number of aliphatic hydroxyl groups excluding tert-OH is 1. The SMILES string of the molecule is CC(C)(CO)CCCNC(=O)c1cc2cc(F)ccc2[nH]1. The number of halogens is 1. The first-order valence-corrected chi connectivity index (χ1v) is 7.09. The van der Waals surface area contributed by atoms with Crippen molar-refractivity contribution in [1.29, 1.82) is 0 Å². The molecule has 0 aliphatic rings. The molecular weight excluding hydrogens is 271 g/mol. The van der Waals surface area contributed by atoms with Gasteiger partial charge in [0.25, 0.3) is 5.91 Å². The number of benzene rings is 1. The van der Waals surface area contributed by atoms with Crippen LogP contribution in [0.25, 0.3) is 10.9 Å². The molecule has 0 fully saturated rings. The van der Waals surface area contributed by atoms with Crippen LogP contribution in [0, 0.1) is 11.2 Å². The number of H-pyrrole nitrogens is 1. The number of amides is 1. The molecule has 21 heavy (non-hydrogen) atoms. The van der Waals surface area contributed by atoms with Crippen LogP contribution in [-0.4, -0.2) is 29.1 Å². The zero-order valence-corrected chi connectivity index (χ0v) is 12.4. The number of nitrogens with one attached hydrogen (secondary N) is 2. The summed E-state index contributed by atoms with van der Waals surface area (Å²) in [5, 5.41) is 12.7. The molecule has 0 unspecified atom stereocenters. The van der Waals surface area contributed by atoms with Gasteiger partial charge in [0.05, 0.1) is 0 Å². The fourth-order valence-electron chi connectivity index (χ4n) is 2.17. The van der Waals surface area contributed by atoms with Crippen LogP contribution >= 0.6 is 0 Å². The average molecular weight is 292 g/mol. The van der Waals surface area contributed by atoms with Crippen LogP contribution in [0.1, 0.15) is 37.2 Å². The van der Waals surface area contributed by atoms with Gasteiger partial charge in [-0.05, 0) is 42.5 Å². The Bertz CT molecular complexity index is 634. The number of aromatic amines is 1. The Hall–Kier alpha value is -1.88. The molecule has 0 aliphatic carbocycles. The highest BCUT2D eigenvalue weighted by Crippen LogP contribution is 2.20. The summed E-state index contributed by atoms with van der Waals surface area (Å²) in [4.78, 5) is 15.0. The van der Waals surface area contributed by atoms with Crippen molar-refractivity contribution in [2.75, 3.05) is 13.2 Å². The van der Waals surface area contributed by atoms with Crippen LogP contribution < -0.4 is 5.32 Å². The monoisotopic (exact) mass is 292 g/mol. The first-order chi connectivity index (χ1) is 9.91. The summed E-state index contributed by atoms with van der Waals surface area (Å²) in [6.07, 6.45) is 1.63. The lowest BCUT2D eigenvalue weighted by molar-refractivity contribution is 0.0944. The smallest absolute Gasteiger partial charge is 0.267 e. The predicted octanol–water partition coefficient (Wildman–Crippen LogP) is 2.84. The number of carbonyl (C=O) groups is 1. The summed E-state index contributed by atoms with van der Waals surface area (Å²) < 4.78 is 13.1. The second-order valence-corrected chi connectivity index (χ2v) is 6.10. The Kier molecular flexibility index (Phi) is 4.63. The van der Waals surface area contributed by atoms with Gasteiger partial charge in [-0.2, -0.15) is 0 Å². The quantitative estimate of drug-likeness (QED) is 0.717. The second kappa shape index (κ2) is 6.26. The lowest BCUT2D eigenvalue weighted by Gasteiger charge is -2.21. The van der Waals surface area contributed by atoms with Crippen LogP contribution in [0.5, 0.6) is 0 Å². The summed E-state index contributed by atoms with van der Waals surface area (Å²) in [6.45, 7) is 4.66. The lowest BCUT2D eigenvalue weighted by atomic mass is 9.89. The summed E-state index contributed by atoms with van der Waals surface area (Å²) >= 11 is 0. The molecule has 0 saturated carbocycles. The molecular formula is C16H21FN2O2. The minimum Gasteiger partial charge on any atom is -0.396 e. The van der Waals surface area contributed by atoms with Crippen molar-refractivity contribution in [3.8, 4) is 0 Å². The molecule has 114 valence electrons. The van der Waals surface area contributed by atoms with Crippen molar-refractivity contribution in [3.05, 3.63) is 35.8 Å². The summed E-state index contributed by atoms with van der Waals surface area (Å²) in [6, 6.07) is 6.01. The van der Waals surface area contributed by atoms with Crippen molar-refractivity contribution >= 4 is 16.8 Å². The summed E-state index contributed by atoms with van der Waals surface area (Å²) in [5.41, 5.74) is 1.04. The van der Waals surface area contributed by atoms with E-state index in [-0.39, 0.29) is 23.7 Å². The molecule has 0 saturated heterocycles. The van der Waals surface area contributed by atoms with Crippen molar-refractivity contribution in [2.45, 2.75) is 26.7 Å². The normalized spacial score (nSPS) is 11.8. The maximum Gasteiger partial charge on any atom is 0.267 e. The highest BCUT2D eigenvalue weighted by atomic mass is 19.1. The third-order valence-electron chi connectivity index (χ3n) is 3.57. The van der Waals surface area contributed by atoms with Gasteiger partial charge in [-0.3, -0.25) is 4.79 Å². The Balaban J connectivity index is 1.90. The maximum absolute atomic E-state index is 13.1. The number of carbonyl (C=O) groups excluding carboxylic acids is 1. The first-order valence-electron chi connectivity index (χ1n) is 7.09. The molecule has 0 radical (unpaired) electrons. The van der Waals surface area contributed by atoms with Gasteiger partial charge in [0, 0.05) is 24.1 Å². The Morgan fingerprint density at radius 1 is 1.38 bits per heavy atom. The van der Waals surface area contributed by atoms with Crippen molar-refractivity contribution in [2.24, 2.45) is 5.41 Å². The van der Waals surface area contributed by atoms with E-state index in [1.165, 1.54) is 12.1 Å². The third kappa shape index (κ3) is 4.04. The highest BCUT2D eigenvalue weighted by molar-refractivity contribution is 5.97.